The van der Waals surface area contributed by atoms with Gasteiger partial charge in [0.25, 0.3) is 0 Å². The molecule has 0 saturated heterocycles. The number of aryl methyl sites for hydroxylation is 1. The molecule has 0 spiro atoms. The van der Waals surface area contributed by atoms with Gasteiger partial charge in [0.1, 0.15) is 5.41 Å². The first kappa shape index (κ1) is 15.1. The fourth-order valence-corrected chi connectivity index (χ4v) is 3.27. The molecule has 0 unspecified atom stereocenters. The molecule has 1 aromatic carbocycles. The molecule has 2 aliphatic rings. The van der Waals surface area contributed by atoms with Crippen LogP contribution in [0, 0.1) is 5.41 Å². The van der Waals surface area contributed by atoms with Gasteiger partial charge in [0.15, 0.2) is 0 Å². The van der Waals surface area contributed by atoms with Crippen LogP contribution in [-0.4, -0.2) is 17.9 Å². The Morgan fingerprint density at radius 1 is 1.14 bits per heavy atom. The number of carbonyl (C=O) groups is 2. The third-order valence-electron chi connectivity index (χ3n) is 4.96. The molecule has 0 atom stereocenters. The van der Waals surface area contributed by atoms with Gasteiger partial charge in [0, 0.05) is 11.7 Å². The minimum Gasteiger partial charge on any atom is -0.352 e. The summed E-state index contributed by atoms with van der Waals surface area (Å²) in [6, 6.07) is 8.05. The van der Waals surface area contributed by atoms with Crippen LogP contribution in [-0.2, 0) is 16.0 Å². The van der Waals surface area contributed by atoms with E-state index in [4.69, 9.17) is 0 Å². The van der Waals surface area contributed by atoms with Crippen molar-refractivity contribution in [2.75, 3.05) is 5.32 Å². The van der Waals surface area contributed by atoms with Gasteiger partial charge in [-0.15, -0.1) is 0 Å². The van der Waals surface area contributed by atoms with Crippen LogP contribution in [0.5, 0.6) is 0 Å². The zero-order valence-corrected chi connectivity index (χ0v) is 13.2. The average Bonchev–Trinajstić information content (AvgIpc) is 3.20. The molecule has 0 heterocycles. The lowest BCUT2D eigenvalue weighted by Crippen LogP contribution is -2.43. The largest absolute Gasteiger partial charge is 0.352 e. The predicted octanol–water partition coefficient (Wildman–Crippen LogP) is 3.03. The highest BCUT2D eigenvalue weighted by Gasteiger charge is 2.56. The van der Waals surface area contributed by atoms with Crippen molar-refractivity contribution in [3.8, 4) is 0 Å². The SMILES string of the molecule is CCc1ccccc1NC(=O)C1(C(=O)NC2CCCC2)CC1. The number of amides is 2. The van der Waals surface area contributed by atoms with Crippen molar-refractivity contribution in [2.24, 2.45) is 5.41 Å². The van der Waals surface area contributed by atoms with Crippen LogP contribution in [0.15, 0.2) is 24.3 Å². The van der Waals surface area contributed by atoms with Gasteiger partial charge < -0.3 is 10.6 Å². The molecular formula is C18H24N2O2. The summed E-state index contributed by atoms with van der Waals surface area (Å²) < 4.78 is 0. The third-order valence-corrected chi connectivity index (χ3v) is 4.96. The number of hydrogen-bond acceptors (Lipinski definition) is 2. The second-order valence-corrected chi connectivity index (χ2v) is 6.50. The summed E-state index contributed by atoms with van der Waals surface area (Å²) in [5, 5.41) is 6.05. The van der Waals surface area contributed by atoms with Crippen LogP contribution in [0.3, 0.4) is 0 Å². The number of para-hydroxylation sites is 1. The Kier molecular flexibility index (Phi) is 4.19. The highest BCUT2D eigenvalue weighted by Crippen LogP contribution is 2.47. The Labute approximate surface area is 131 Å². The number of rotatable bonds is 5. The third kappa shape index (κ3) is 2.87. The summed E-state index contributed by atoms with van der Waals surface area (Å²) in [5.74, 6) is -0.227. The van der Waals surface area contributed by atoms with Gasteiger partial charge in [-0.1, -0.05) is 38.0 Å². The van der Waals surface area contributed by atoms with E-state index >= 15 is 0 Å². The molecule has 0 radical (unpaired) electrons. The smallest absolute Gasteiger partial charge is 0.240 e. The number of nitrogens with one attached hydrogen (secondary N) is 2. The van der Waals surface area contributed by atoms with Crippen LogP contribution >= 0.6 is 0 Å². The van der Waals surface area contributed by atoms with E-state index in [1.807, 2.05) is 24.3 Å². The number of benzene rings is 1. The molecule has 0 aliphatic heterocycles. The van der Waals surface area contributed by atoms with Crippen molar-refractivity contribution in [1.29, 1.82) is 0 Å². The highest BCUT2D eigenvalue weighted by molar-refractivity contribution is 6.13. The molecule has 3 rings (SSSR count). The predicted molar refractivity (Wildman–Crippen MR) is 86.5 cm³/mol. The quantitative estimate of drug-likeness (QED) is 0.821. The van der Waals surface area contributed by atoms with Crippen molar-refractivity contribution in [3.05, 3.63) is 29.8 Å². The monoisotopic (exact) mass is 300 g/mol. The molecule has 22 heavy (non-hydrogen) atoms. The molecular weight excluding hydrogens is 276 g/mol. The van der Waals surface area contributed by atoms with E-state index in [0.717, 1.165) is 30.5 Å². The summed E-state index contributed by atoms with van der Waals surface area (Å²) in [6.45, 7) is 2.06. The first-order valence-corrected chi connectivity index (χ1v) is 8.36. The standard InChI is InChI=1S/C18H24N2O2/c1-2-13-7-3-6-10-15(13)20-17(22)18(11-12-18)16(21)19-14-8-4-5-9-14/h3,6-7,10,14H,2,4-5,8-9,11-12H2,1H3,(H,19,21)(H,20,22). The molecule has 4 heteroatoms. The van der Waals surface area contributed by atoms with E-state index in [9.17, 15) is 9.59 Å². The fourth-order valence-electron chi connectivity index (χ4n) is 3.27. The van der Waals surface area contributed by atoms with Crippen LogP contribution < -0.4 is 10.6 Å². The molecule has 2 aliphatic carbocycles. The maximum Gasteiger partial charge on any atom is 0.240 e. The molecule has 1 aromatic rings. The van der Waals surface area contributed by atoms with Gasteiger partial charge in [-0.25, -0.2) is 0 Å². The fraction of sp³-hybridized carbons (Fsp3) is 0.556. The first-order valence-electron chi connectivity index (χ1n) is 8.36. The molecule has 2 amide bonds. The maximum absolute atomic E-state index is 12.6. The average molecular weight is 300 g/mol. The Morgan fingerprint density at radius 3 is 2.45 bits per heavy atom. The molecule has 2 N–H and O–H groups in total. The van der Waals surface area contributed by atoms with Crippen LogP contribution in [0.4, 0.5) is 5.69 Å². The summed E-state index contributed by atoms with van der Waals surface area (Å²) >= 11 is 0. The summed E-state index contributed by atoms with van der Waals surface area (Å²) in [6.07, 6.45) is 6.61. The molecule has 4 nitrogen and oxygen atoms in total. The normalized spacial score (nSPS) is 19.7. The van der Waals surface area contributed by atoms with Crippen molar-refractivity contribution < 1.29 is 9.59 Å². The summed E-state index contributed by atoms with van der Waals surface area (Å²) in [5.41, 5.74) is 1.10. The van der Waals surface area contributed by atoms with Crippen LogP contribution in [0.25, 0.3) is 0 Å². The van der Waals surface area contributed by atoms with E-state index in [1.54, 1.807) is 0 Å². The zero-order valence-electron chi connectivity index (χ0n) is 13.2. The lowest BCUT2D eigenvalue weighted by Gasteiger charge is -2.19. The van der Waals surface area contributed by atoms with Crippen molar-refractivity contribution in [3.63, 3.8) is 0 Å². The highest BCUT2D eigenvalue weighted by atomic mass is 16.2. The second-order valence-electron chi connectivity index (χ2n) is 6.50. The van der Waals surface area contributed by atoms with Gasteiger partial charge in [-0.05, 0) is 43.7 Å². The maximum atomic E-state index is 12.6. The lowest BCUT2D eigenvalue weighted by molar-refractivity contribution is -0.134. The number of anilines is 1. The van der Waals surface area contributed by atoms with Gasteiger partial charge >= 0.3 is 0 Å². The Balaban J connectivity index is 1.67. The summed E-state index contributed by atoms with van der Waals surface area (Å²) in [7, 11) is 0. The van der Waals surface area contributed by atoms with Gasteiger partial charge in [-0.3, -0.25) is 9.59 Å². The zero-order chi connectivity index (χ0) is 15.6. The number of carbonyl (C=O) groups excluding carboxylic acids is 2. The van der Waals surface area contributed by atoms with Crippen molar-refractivity contribution >= 4 is 17.5 Å². The van der Waals surface area contributed by atoms with Crippen molar-refractivity contribution in [2.45, 2.75) is 57.9 Å². The Bertz CT molecular complexity index is 572. The van der Waals surface area contributed by atoms with E-state index < -0.39 is 5.41 Å². The van der Waals surface area contributed by atoms with Crippen LogP contribution in [0.2, 0.25) is 0 Å². The van der Waals surface area contributed by atoms with E-state index in [1.165, 1.54) is 12.8 Å². The van der Waals surface area contributed by atoms with Crippen LogP contribution in [0.1, 0.15) is 51.0 Å². The molecule has 0 bridgehead atoms. The van der Waals surface area contributed by atoms with Gasteiger partial charge in [0.2, 0.25) is 11.8 Å². The molecule has 0 aromatic heterocycles. The van der Waals surface area contributed by atoms with Gasteiger partial charge in [-0.2, -0.15) is 0 Å². The first-order chi connectivity index (χ1) is 10.7. The number of hydrogen-bond donors (Lipinski definition) is 2. The Morgan fingerprint density at radius 2 is 1.82 bits per heavy atom. The van der Waals surface area contributed by atoms with Crippen molar-refractivity contribution in [1.82, 2.24) is 5.32 Å². The lowest BCUT2D eigenvalue weighted by atomic mass is 10.0. The van der Waals surface area contributed by atoms with E-state index in [-0.39, 0.29) is 17.9 Å². The topological polar surface area (TPSA) is 58.2 Å². The second kappa shape index (κ2) is 6.11. The molecule has 2 fully saturated rings. The minimum absolute atomic E-state index is 0.0779. The minimum atomic E-state index is -0.830. The Hall–Kier alpha value is -1.84. The van der Waals surface area contributed by atoms with E-state index in [0.29, 0.717) is 12.8 Å². The van der Waals surface area contributed by atoms with E-state index in [2.05, 4.69) is 17.6 Å². The van der Waals surface area contributed by atoms with Gasteiger partial charge in [0.05, 0.1) is 0 Å². The summed E-state index contributed by atoms with van der Waals surface area (Å²) in [4.78, 5) is 25.1. The molecule has 118 valence electrons. The molecule has 2 saturated carbocycles.